The van der Waals surface area contributed by atoms with Gasteiger partial charge in [0.15, 0.2) is 23.0 Å². The third kappa shape index (κ3) is 5.88. The zero-order valence-electron chi connectivity index (χ0n) is 27.0. The second-order valence-corrected chi connectivity index (χ2v) is 12.8. The molecule has 1 saturated carbocycles. The van der Waals surface area contributed by atoms with E-state index in [1.54, 1.807) is 31.3 Å². The van der Waals surface area contributed by atoms with E-state index in [4.69, 9.17) is 28.4 Å². The number of nitrogens with one attached hydrogen (secondary N) is 1. The molecule has 4 aliphatic rings. The standard InChI is InChI=1S/C35H42N2O9/c1-20(2)27-15-30-35(34(40)43-5,32(46-27)23-8-9-23)16-24(14-31(38)36-17-21-6-10-25(41-3)28(12-21)42-4)33(39)37(30)18-22-7-11-26-29(13-22)45-19-44-26/h6-7,10-13,15,20,23-24,27,32H,8-9,14,16-19H2,1-5H3,(H,36,38)/t24-,27+,32+,35+/m0/s1. The Kier molecular flexibility index (Phi) is 8.87. The van der Waals surface area contributed by atoms with E-state index >= 15 is 0 Å². The molecule has 2 aromatic rings. The van der Waals surface area contributed by atoms with Gasteiger partial charge in [0, 0.05) is 24.6 Å². The number of rotatable bonds is 11. The van der Waals surface area contributed by atoms with Crippen LogP contribution in [0.1, 0.15) is 50.7 Å². The highest BCUT2D eigenvalue weighted by Gasteiger charge is 2.63. The van der Waals surface area contributed by atoms with Crippen molar-refractivity contribution in [3.8, 4) is 23.0 Å². The number of nitrogens with zero attached hydrogens (tertiary/aromatic N) is 1. The molecule has 0 spiro atoms. The fraction of sp³-hybridized carbons (Fsp3) is 0.514. The van der Waals surface area contributed by atoms with Gasteiger partial charge in [0.25, 0.3) is 0 Å². The Bertz CT molecular complexity index is 1530. The Morgan fingerprint density at radius 1 is 1.00 bits per heavy atom. The molecule has 1 aliphatic carbocycles. The van der Waals surface area contributed by atoms with Gasteiger partial charge >= 0.3 is 5.97 Å². The molecule has 1 saturated heterocycles. The fourth-order valence-electron chi connectivity index (χ4n) is 6.92. The lowest BCUT2D eigenvalue weighted by Crippen LogP contribution is -2.61. The molecule has 4 atom stereocenters. The Balaban J connectivity index is 1.33. The van der Waals surface area contributed by atoms with Gasteiger partial charge in [-0.05, 0) is 72.6 Å². The minimum Gasteiger partial charge on any atom is -0.493 e. The summed E-state index contributed by atoms with van der Waals surface area (Å²) in [6.45, 7) is 4.68. The van der Waals surface area contributed by atoms with Crippen LogP contribution in [0.5, 0.6) is 23.0 Å². The first-order chi connectivity index (χ1) is 22.2. The van der Waals surface area contributed by atoms with Gasteiger partial charge in [0.1, 0.15) is 5.41 Å². The molecule has 3 aliphatic heterocycles. The second-order valence-electron chi connectivity index (χ2n) is 12.8. The molecular formula is C35H42N2O9. The average molecular weight is 635 g/mol. The topological polar surface area (TPSA) is 122 Å². The number of ether oxygens (including phenoxy) is 6. The van der Waals surface area contributed by atoms with Gasteiger partial charge in [-0.1, -0.05) is 26.0 Å². The van der Waals surface area contributed by atoms with E-state index in [0.29, 0.717) is 28.7 Å². The zero-order chi connectivity index (χ0) is 32.6. The molecule has 11 heteroatoms. The summed E-state index contributed by atoms with van der Waals surface area (Å²) >= 11 is 0. The van der Waals surface area contributed by atoms with E-state index in [1.165, 1.54) is 7.11 Å². The van der Waals surface area contributed by atoms with E-state index in [1.807, 2.05) is 30.3 Å². The van der Waals surface area contributed by atoms with Crippen LogP contribution in [0.3, 0.4) is 0 Å². The summed E-state index contributed by atoms with van der Waals surface area (Å²) in [5.74, 6) is 0.906. The summed E-state index contributed by atoms with van der Waals surface area (Å²) < 4.78 is 34.0. The molecule has 2 aromatic carbocycles. The molecule has 2 amide bonds. The van der Waals surface area contributed by atoms with Crippen molar-refractivity contribution < 1.29 is 42.8 Å². The predicted molar refractivity (Wildman–Crippen MR) is 166 cm³/mol. The number of amides is 2. The summed E-state index contributed by atoms with van der Waals surface area (Å²) in [5.41, 5.74) is 0.993. The smallest absolute Gasteiger partial charge is 0.320 e. The van der Waals surface area contributed by atoms with Gasteiger partial charge in [-0.3, -0.25) is 14.4 Å². The summed E-state index contributed by atoms with van der Waals surface area (Å²) in [6.07, 6.45) is 3.04. The van der Waals surface area contributed by atoms with Crippen LogP contribution >= 0.6 is 0 Å². The molecule has 0 aromatic heterocycles. The maximum atomic E-state index is 14.4. The van der Waals surface area contributed by atoms with Crippen molar-refractivity contribution in [1.29, 1.82) is 0 Å². The van der Waals surface area contributed by atoms with Crippen LogP contribution < -0.4 is 24.3 Å². The third-order valence-corrected chi connectivity index (χ3v) is 9.45. The van der Waals surface area contributed by atoms with Crippen molar-refractivity contribution >= 4 is 17.8 Å². The number of piperidine rings is 1. The number of carbonyl (C=O) groups excluding carboxylic acids is 3. The van der Waals surface area contributed by atoms with Crippen molar-refractivity contribution in [3.05, 3.63) is 59.3 Å². The van der Waals surface area contributed by atoms with Gasteiger partial charge in [-0.25, -0.2) is 0 Å². The van der Waals surface area contributed by atoms with Gasteiger partial charge in [0.05, 0.1) is 40.1 Å². The maximum Gasteiger partial charge on any atom is 0.320 e. The number of likely N-dealkylation sites (tertiary alicyclic amines) is 1. The van der Waals surface area contributed by atoms with E-state index in [9.17, 15) is 14.4 Å². The van der Waals surface area contributed by atoms with Crippen LogP contribution in [0.15, 0.2) is 48.2 Å². The van der Waals surface area contributed by atoms with Gasteiger partial charge in [-0.2, -0.15) is 0 Å². The maximum absolute atomic E-state index is 14.4. The summed E-state index contributed by atoms with van der Waals surface area (Å²) in [7, 11) is 4.49. The number of hydrogen-bond acceptors (Lipinski definition) is 9. The third-order valence-electron chi connectivity index (χ3n) is 9.45. The SMILES string of the molecule is COC(=O)[C@]12C[C@H](CC(=O)NCc3ccc(OC)c(OC)c3)C(=O)N(Cc3ccc4c(c3)OCO4)C1=C[C@H](C(C)C)O[C@@H]2C1CC1. The van der Waals surface area contributed by atoms with Crippen LogP contribution in [0.4, 0.5) is 0 Å². The molecule has 0 radical (unpaired) electrons. The molecule has 2 fully saturated rings. The number of methoxy groups -OCH3 is 3. The fourth-order valence-corrected chi connectivity index (χ4v) is 6.92. The van der Waals surface area contributed by atoms with E-state index in [0.717, 1.165) is 24.0 Å². The molecule has 1 N–H and O–H groups in total. The highest BCUT2D eigenvalue weighted by molar-refractivity contribution is 5.93. The highest BCUT2D eigenvalue weighted by atomic mass is 16.7. The minimum absolute atomic E-state index is 0.0964. The van der Waals surface area contributed by atoms with Crippen molar-refractivity contribution in [1.82, 2.24) is 10.2 Å². The minimum atomic E-state index is -1.24. The van der Waals surface area contributed by atoms with E-state index in [2.05, 4.69) is 19.2 Å². The summed E-state index contributed by atoms with van der Waals surface area (Å²) in [4.78, 5) is 43.6. The average Bonchev–Trinajstić information content (AvgIpc) is 3.80. The van der Waals surface area contributed by atoms with Crippen LogP contribution in [0, 0.1) is 23.2 Å². The van der Waals surface area contributed by atoms with Crippen LogP contribution in [-0.2, 0) is 36.9 Å². The number of hydrogen-bond donors (Lipinski definition) is 1. The first-order valence-electron chi connectivity index (χ1n) is 15.8. The first kappa shape index (κ1) is 31.7. The van der Waals surface area contributed by atoms with Crippen molar-refractivity contribution in [3.63, 3.8) is 0 Å². The molecule has 11 nitrogen and oxygen atoms in total. The molecule has 3 heterocycles. The Hall–Kier alpha value is -4.25. The van der Waals surface area contributed by atoms with E-state index < -0.39 is 23.4 Å². The monoisotopic (exact) mass is 634 g/mol. The van der Waals surface area contributed by atoms with Gasteiger partial charge < -0.3 is 38.6 Å². The van der Waals surface area contributed by atoms with E-state index in [-0.39, 0.29) is 62.5 Å². The lowest BCUT2D eigenvalue weighted by molar-refractivity contribution is -0.182. The quantitative estimate of drug-likeness (QED) is 0.359. The summed E-state index contributed by atoms with van der Waals surface area (Å²) in [6, 6.07) is 11.0. The summed E-state index contributed by atoms with van der Waals surface area (Å²) in [5, 5.41) is 2.95. The molecule has 6 rings (SSSR count). The Labute approximate surface area is 269 Å². The molecule has 0 bridgehead atoms. The normalized spacial score (nSPS) is 25.1. The number of esters is 1. The van der Waals surface area contributed by atoms with Crippen LogP contribution in [0.25, 0.3) is 0 Å². The van der Waals surface area contributed by atoms with Crippen LogP contribution in [-0.4, -0.2) is 63.0 Å². The van der Waals surface area contributed by atoms with Gasteiger partial charge in [0.2, 0.25) is 18.6 Å². The second kappa shape index (κ2) is 12.9. The lowest BCUT2D eigenvalue weighted by atomic mass is 9.64. The highest BCUT2D eigenvalue weighted by Crippen LogP contribution is 2.57. The van der Waals surface area contributed by atoms with Crippen molar-refractivity contribution in [2.24, 2.45) is 23.2 Å². The predicted octanol–water partition coefficient (Wildman–Crippen LogP) is 4.36. The molecular weight excluding hydrogens is 592 g/mol. The molecule has 246 valence electrons. The van der Waals surface area contributed by atoms with Crippen LogP contribution in [0.2, 0.25) is 0 Å². The molecule has 0 unspecified atom stereocenters. The largest absolute Gasteiger partial charge is 0.493 e. The molecule has 46 heavy (non-hydrogen) atoms. The zero-order valence-corrected chi connectivity index (χ0v) is 27.0. The first-order valence-corrected chi connectivity index (χ1v) is 15.8. The van der Waals surface area contributed by atoms with Crippen molar-refractivity contribution in [2.45, 2.75) is 64.8 Å². The number of benzene rings is 2. The van der Waals surface area contributed by atoms with Gasteiger partial charge in [-0.15, -0.1) is 0 Å². The number of carbonyl (C=O) groups is 3. The van der Waals surface area contributed by atoms with Crippen molar-refractivity contribution in [2.75, 3.05) is 28.1 Å². The Morgan fingerprint density at radius 3 is 2.43 bits per heavy atom. The lowest BCUT2D eigenvalue weighted by Gasteiger charge is -2.53. The Morgan fingerprint density at radius 2 is 1.74 bits per heavy atom. The number of fused-ring (bicyclic) bond motifs is 2.